The number of hydrogen-bond acceptors (Lipinski definition) is 3. The van der Waals surface area contributed by atoms with E-state index in [1.165, 1.54) is 27.6 Å². The van der Waals surface area contributed by atoms with E-state index in [1.54, 1.807) is 6.07 Å². The van der Waals surface area contributed by atoms with Crippen molar-refractivity contribution in [3.8, 4) is 0 Å². The summed E-state index contributed by atoms with van der Waals surface area (Å²) in [6.07, 6.45) is 3.98. The Kier molecular flexibility index (Phi) is 6.39. The Balaban J connectivity index is 1.41. The van der Waals surface area contributed by atoms with E-state index in [9.17, 15) is 13.2 Å². The summed E-state index contributed by atoms with van der Waals surface area (Å²) in [5.41, 5.74) is 2.50. The summed E-state index contributed by atoms with van der Waals surface area (Å²) in [4.78, 5) is 12.8. The molecule has 1 amide bonds. The normalized spacial score (nSPS) is 20.5. The van der Waals surface area contributed by atoms with Gasteiger partial charge in [0.05, 0.1) is 16.1 Å². The predicted molar refractivity (Wildman–Crippen MR) is 118 cm³/mol. The maximum absolute atomic E-state index is 13.0. The van der Waals surface area contributed by atoms with Crippen LogP contribution in [0.15, 0.2) is 47.4 Å². The zero-order chi connectivity index (χ0) is 21.3. The number of carbonyl (C=O) groups excluding carboxylic acids is 1. The second-order valence-corrected chi connectivity index (χ2v) is 10.6. The molecule has 0 aromatic heterocycles. The van der Waals surface area contributed by atoms with Crippen LogP contribution in [-0.2, 0) is 21.2 Å². The predicted octanol–water partition coefficient (Wildman–Crippen LogP) is 4.59. The monoisotopic (exact) mass is 466 g/mol. The molecular formula is C22H24Cl2N2O3S. The van der Waals surface area contributed by atoms with Gasteiger partial charge in [0.2, 0.25) is 15.9 Å². The lowest BCUT2D eigenvalue weighted by Crippen LogP contribution is -2.44. The van der Waals surface area contributed by atoms with Crippen molar-refractivity contribution in [3.05, 3.63) is 63.6 Å². The molecule has 1 N–H and O–H groups in total. The molecule has 30 heavy (non-hydrogen) atoms. The third-order valence-corrected chi connectivity index (χ3v) is 8.88. The van der Waals surface area contributed by atoms with E-state index < -0.39 is 10.0 Å². The van der Waals surface area contributed by atoms with Crippen LogP contribution in [0.4, 0.5) is 0 Å². The number of nitrogens with one attached hydrogen (secondary N) is 1. The van der Waals surface area contributed by atoms with E-state index >= 15 is 0 Å². The second kappa shape index (κ2) is 8.87. The molecule has 0 radical (unpaired) electrons. The smallest absolute Gasteiger partial charge is 0.246 e. The second-order valence-electron chi connectivity index (χ2n) is 7.88. The summed E-state index contributed by atoms with van der Waals surface area (Å²) in [6, 6.07) is 12.9. The molecule has 8 heteroatoms. The number of amides is 1. The van der Waals surface area contributed by atoms with Crippen molar-refractivity contribution in [2.75, 3.05) is 13.1 Å². The Hall–Kier alpha value is -1.60. The highest BCUT2D eigenvalue weighted by molar-refractivity contribution is 7.89. The number of hydrogen-bond donors (Lipinski definition) is 1. The van der Waals surface area contributed by atoms with E-state index in [2.05, 4.69) is 17.4 Å². The molecular weight excluding hydrogens is 443 g/mol. The number of nitrogens with zero attached hydrogens (tertiary/aromatic N) is 1. The van der Waals surface area contributed by atoms with Gasteiger partial charge in [-0.2, -0.15) is 4.31 Å². The van der Waals surface area contributed by atoms with Crippen LogP contribution >= 0.6 is 23.2 Å². The van der Waals surface area contributed by atoms with Gasteiger partial charge in [-0.3, -0.25) is 4.79 Å². The zero-order valence-corrected chi connectivity index (χ0v) is 18.8. The Morgan fingerprint density at radius 3 is 2.33 bits per heavy atom. The van der Waals surface area contributed by atoms with E-state index in [1.807, 2.05) is 12.1 Å². The molecule has 1 atom stereocenters. The van der Waals surface area contributed by atoms with Gasteiger partial charge < -0.3 is 5.32 Å². The fraction of sp³-hybridized carbons (Fsp3) is 0.409. The number of aryl methyl sites for hydroxylation is 1. The molecule has 0 unspecified atom stereocenters. The third-order valence-electron chi connectivity index (χ3n) is 6.03. The fourth-order valence-electron chi connectivity index (χ4n) is 4.41. The topological polar surface area (TPSA) is 66.5 Å². The Morgan fingerprint density at radius 1 is 0.967 bits per heavy atom. The van der Waals surface area contributed by atoms with Crippen LogP contribution in [0, 0.1) is 5.92 Å². The molecule has 2 aliphatic rings. The molecule has 1 fully saturated rings. The fourth-order valence-corrected chi connectivity index (χ4v) is 6.97. The van der Waals surface area contributed by atoms with Gasteiger partial charge in [0.15, 0.2) is 0 Å². The van der Waals surface area contributed by atoms with Crippen molar-refractivity contribution in [1.29, 1.82) is 0 Å². The van der Waals surface area contributed by atoms with Crippen LogP contribution in [-0.4, -0.2) is 31.7 Å². The standard InChI is InChI=1S/C22H24Cl2N2O3S/c23-18-8-4-9-19(24)21(18)30(28,29)26-13-11-16(12-14-26)22(27)25-20-10-3-6-15-5-1-2-7-17(15)20/h1-2,4-5,7-9,16,20H,3,6,10-14H2,(H,25,27)/t20-/m1/s1. The molecule has 1 aliphatic heterocycles. The summed E-state index contributed by atoms with van der Waals surface area (Å²) < 4.78 is 27.4. The number of sulfonamides is 1. The minimum atomic E-state index is -3.80. The van der Waals surface area contributed by atoms with Crippen LogP contribution in [0.1, 0.15) is 42.9 Å². The quantitative estimate of drug-likeness (QED) is 0.716. The van der Waals surface area contributed by atoms with E-state index in [4.69, 9.17) is 23.2 Å². The van der Waals surface area contributed by atoms with Gasteiger partial charge in [-0.1, -0.05) is 53.5 Å². The van der Waals surface area contributed by atoms with Crippen LogP contribution in [0.2, 0.25) is 10.0 Å². The van der Waals surface area contributed by atoms with Crippen LogP contribution < -0.4 is 5.32 Å². The molecule has 5 nitrogen and oxygen atoms in total. The van der Waals surface area contributed by atoms with Crippen LogP contribution in [0.5, 0.6) is 0 Å². The summed E-state index contributed by atoms with van der Waals surface area (Å²) in [5.74, 6) is -0.197. The maximum Gasteiger partial charge on any atom is 0.246 e. The van der Waals surface area contributed by atoms with Crippen LogP contribution in [0.25, 0.3) is 0 Å². The number of piperidine rings is 1. The lowest BCUT2D eigenvalue weighted by molar-refractivity contribution is -0.127. The molecule has 4 rings (SSSR count). The minimum absolute atomic E-state index is 0.00419. The van der Waals surface area contributed by atoms with E-state index in [0.717, 1.165) is 19.3 Å². The average molecular weight is 467 g/mol. The lowest BCUT2D eigenvalue weighted by Gasteiger charge is -2.33. The maximum atomic E-state index is 13.0. The first kappa shape index (κ1) is 21.6. The number of rotatable bonds is 4. The van der Waals surface area contributed by atoms with Gasteiger partial charge in [-0.15, -0.1) is 0 Å². The Morgan fingerprint density at radius 2 is 1.63 bits per heavy atom. The first-order chi connectivity index (χ1) is 14.4. The highest BCUT2D eigenvalue weighted by Crippen LogP contribution is 2.34. The average Bonchev–Trinajstić information content (AvgIpc) is 2.74. The van der Waals surface area contributed by atoms with Crippen molar-refractivity contribution in [3.63, 3.8) is 0 Å². The van der Waals surface area contributed by atoms with Gasteiger partial charge in [0.25, 0.3) is 0 Å². The molecule has 2 aromatic carbocycles. The first-order valence-corrected chi connectivity index (χ1v) is 12.4. The van der Waals surface area contributed by atoms with Gasteiger partial charge >= 0.3 is 0 Å². The molecule has 2 aromatic rings. The van der Waals surface area contributed by atoms with Gasteiger partial charge in [0.1, 0.15) is 4.90 Å². The first-order valence-electron chi connectivity index (χ1n) is 10.2. The summed E-state index contributed by atoms with van der Waals surface area (Å²) >= 11 is 12.2. The number of benzene rings is 2. The van der Waals surface area contributed by atoms with Crippen molar-refractivity contribution in [2.24, 2.45) is 5.92 Å². The molecule has 1 aliphatic carbocycles. The largest absolute Gasteiger partial charge is 0.349 e. The number of fused-ring (bicyclic) bond motifs is 1. The van der Waals surface area contributed by atoms with Gasteiger partial charge in [-0.05, 0) is 55.4 Å². The molecule has 0 saturated carbocycles. The highest BCUT2D eigenvalue weighted by Gasteiger charge is 2.35. The zero-order valence-electron chi connectivity index (χ0n) is 16.5. The number of carbonyl (C=O) groups is 1. The van der Waals surface area contributed by atoms with Crippen LogP contribution in [0.3, 0.4) is 0 Å². The van der Waals surface area contributed by atoms with Gasteiger partial charge in [-0.25, -0.2) is 8.42 Å². The van der Waals surface area contributed by atoms with Crippen molar-refractivity contribution < 1.29 is 13.2 Å². The van der Waals surface area contributed by atoms with E-state index in [-0.39, 0.29) is 45.9 Å². The van der Waals surface area contributed by atoms with Crippen molar-refractivity contribution >= 4 is 39.1 Å². The van der Waals surface area contributed by atoms with Crippen molar-refractivity contribution in [1.82, 2.24) is 9.62 Å². The minimum Gasteiger partial charge on any atom is -0.349 e. The SMILES string of the molecule is O=C(N[C@@H]1CCCc2ccccc21)C1CCN(S(=O)(=O)c2c(Cl)cccc2Cl)CC1. The summed E-state index contributed by atoms with van der Waals surface area (Å²) in [6.45, 7) is 0.534. The molecule has 0 bridgehead atoms. The molecule has 160 valence electrons. The molecule has 0 spiro atoms. The summed E-state index contributed by atoms with van der Waals surface area (Å²) in [5, 5.41) is 3.42. The van der Waals surface area contributed by atoms with Gasteiger partial charge in [0, 0.05) is 19.0 Å². The summed E-state index contributed by atoms with van der Waals surface area (Å²) in [7, 11) is -3.80. The Bertz CT molecular complexity index is 1030. The molecule has 1 heterocycles. The van der Waals surface area contributed by atoms with Crippen molar-refractivity contribution in [2.45, 2.75) is 43.0 Å². The Labute approximate surface area is 187 Å². The lowest BCUT2D eigenvalue weighted by atomic mass is 9.87. The van der Waals surface area contributed by atoms with E-state index in [0.29, 0.717) is 12.8 Å². The molecule has 1 saturated heterocycles. The number of halogens is 2. The highest BCUT2D eigenvalue weighted by atomic mass is 35.5. The third kappa shape index (κ3) is 4.24.